The van der Waals surface area contributed by atoms with Crippen molar-refractivity contribution in [2.75, 3.05) is 20.8 Å². The van der Waals surface area contributed by atoms with Crippen molar-refractivity contribution in [3.63, 3.8) is 0 Å². The van der Waals surface area contributed by atoms with E-state index >= 15 is 0 Å². The summed E-state index contributed by atoms with van der Waals surface area (Å²) in [4.78, 5) is 24.3. The van der Waals surface area contributed by atoms with Gasteiger partial charge in [-0.1, -0.05) is 25.1 Å². The molecule has 0 aliphatic carbocycles. The van der Waals surface area contributed by atoms with Gasteiger partial charge in [0.05, 0.1) is 26.4 Å². The molecule has 2 aromatic rings. The van der Waals surface area contributed by atoms with Crippen molar-refractivity contribution in [2.24, 2.45) is 0 Å². The van der Waals surface area contributed by atoms with Crippen LogP contribution in [0.5, 0.6) is 17.2 Å². The number of hydrogen-bond acceptors (Lipinski definition) is 5. The van der Waals surface area contributed by atoms with Crippen LogP contribution in [0.3, 0.4) is 0 Å². The molecule has 2 aromatic carbocycles. The molecule has 0 bridgehead atoms. The minimum absolute atomic E-state index is 0.347. The molecule has 148 valence electrons. The zero-order chi connectivity index (χ0) is 20.4. The smallest absolute Gasteiger partial charge is 0.273 e. The molecular formula is C21H24N2O5. The lowest BCUT2D eigenvalue weighted by molar-refractivity contribution is -0.117. The first-order chi connectivity index (χ1) is 13.6. The molecule has 0 saturated carbocycles. The maximum Gasteiger partial charge on any atom is 0.273 e. The molecule has 7 nitrogen and oxygen atoms in total. The van der Waals surface area contributed by atoms with Crippen molar-refractivity contribution in [2.45, 2.75) is 13.3 Å². The molecule has 0 atom stereocenters. The van der Waals surface area contributed by atoms with Gasteiger partial charge < -0.3 is 14.2 Å². The number of amides is 2. The van der Waals surface area contributed by atoms with Gasteiger partial charge in [0.1, 0.15) is 5.75 Å². The molecule has 2 N–H and O–H groups in total. The molecule has 0 aliphatic rings. The highest BCUT2D eigenvalue weighted by atomic mass is 16.5. The highest BCUT2D eigenvalue weighted by Crippen LogP contribution is 2.27. The first-order valence-corrected chi connectivity index (χ1v) is 8.81. The Morgan fingerprint density at radius 2 is 1.71 bits per heavy atom. The van der Waals surface area contributed by atoms with E-state index in [4.69, 9.17) is 14.2 Å². The lowest BCUT2D eigenvalue weighted by Gasteiger charge is -2.11. The average Bonchev–Trinajstić information content (AvgIpc) is 2.74. The lowest BCUT2D eigenvalue weighted by Crippen LogP contribution is -2.40. The highest BCUT2D eigenvalue weighted by Gasteiger charge is 2.12. The quantitative estimate of drug-likeness (QED) is 0.540. The van der Waals surface area contributed by atoms with Crippen LogP contribution in [-0.4, -0.2) is 32.6 Å². The number of para-hydroxylation sites is 1. The van der Waals surface area contributed by atoms with E-state index in [0.717, 1.165) is 12.0 Å². The van der Waals surface area contributed by atoms with Crippen molar-refractivity contribution < 1.29 is 23.8 Å². The monoisotopic (exact) mass is 384 g/mol. The summed E-state index contributed by atoms with van der Waals surface area (Å²) in [6.07, 6.45) is 3.73. The van der Waals surface area contributed by atoms with E-state index in [1.807, 2.05) is 6.92 Å². The van der Waals surface area contributed by atoms with Gasteiger partial charge >= 0.3 is 0 Å². The topological polar surface area (TPSA) is 85.9 Å². The summed E-state index contributed by atoms with van der Waals surface area (Å²) >= 11 is 0. The minimum atomic E-state index is -0.477. The first-order valence-electron chi connectivity index (χ1n) is 8.81. The Labute approximate surface area is 164 Å². The van der Waals surface area contributed by atoms with Crippen molar-refractivity contribution in [3.05, 3.63) is 59.7 Å². The number of hydrazine groups is 1. The molecule has 0 spiro atoms. The van der Waals surface area contributed by atoms with E-state index in [9.17, 15) is 9.59 Å². The maximum absolute atomic E-state index is 12.3. The van der Waals surface area contributed by atoms with E-state index in [0.29, 0.717) is 29.4 Å². The molecule has 7 heteroatoms. The van der Waals surface area contributed by atoms with Crippen molar-refractivity contribution in [1.82, 2.24) is 10.9 Å². The summed E-state index contributed by atoms with van der Waals surface area (Å²) in [6.45, 7) is 2.48. The number of carbonyl (C=O) groups is 2. The summed E-state index contributed by atoms with van der Waals surface area (Å²) in [5.74, 6) is 0.689. The van der Waals surface area contributed by atoms with Crippen LogP contribution in [0.1, 0.15) is 29.3 Å². The number of carbonyl (C=O) groups excluding carboxylic acids is 2. The van der Waals surface area contributed by atoms with Crippen LogP contribution in [0, 0.1) is 0 Å². The molecule has 0 fully saturated rings. The number of benzene rings is 2. The van der Waals surface area contributed by atoms with Gasteiger partial charge in [0, 0.05) is 6.08 Å². The van der Waals surface area contributed by atoms with E-state index in [1.165, 1.54) is 13.2 Å². The third-order valence-corrected chi connectivity index (χ3v) is 3.73. The molecule has 0 aliphatic heterocycles. The minimum Gasteiger partial charge on any atom is -0.493 e. The van der Waals surface area contributed by atoms with Crippen LogP contribution in [0.2, 0.25) is 0 Å². The molecule has 0 aromatic heterocycles. The third-order valence-electron chi connectivity index (χ3n) is 3.73. The zero-order valence-electron chi connectivity index (χ0n) is 16.2. The predicted octanol–water partition coefficient (Wildman–Crippen LogP) is 2.97. The molecule has 2 amide bonds. The van der Waals surface area contributed by atoms with E-state index in [2.05, 4.69) is 10.9 Å². The van der Waals surface area contributed by atoms with E-state index in [1.54, 1.807) is 55.7 Å². The fourth-order valence-corrected chi connectivity index (χ4v) is 2.35. The summed E-state index contributed by atoms with van der Waals surface area (Å²) in [5, 5.41) is 0. The average molecular weight is 384 g/mol. The van der Waals surface area contributed by atoms with Crippen molar-refractivity contribution in [3.8, 4) is 17.2 Å². The van der Waals surface area contributed by atoms with Crippen molar-refractivity contribution >= 4 is 17.9 Å². The first kappa shape index (κ1) is 20.8. The fourth-order valence-electron chi connectivity index (χ4n) is 2.35. The van der Waals surface area contributed by atoms with Crippen LogP contribution in [0.4, 0.5) is 0 Å². The Morgan fingerprint density at radius 1 is 0.964 bits per heavy atom. The number of hydrogen-bond donors (Lipinski definition) is 2. The second-order valence-corrected chi connectivity index (χ2v) is 5.74. The Kier molecular flexibility index (Phi) is 7.90. The Balaban J connectivity index is 1.95. The maximum atomic E-state index is 12.3. The summed E-state index contributed by atoms with van der Waals surface area (Å²) in [6, 6.07) is 12.1. The third kappa shape index (κ3) is 5.77. The zero-order valence-corrected chi connectivity index (χ0v) is 16.2. The number of methoxy groups -OCH3 is 2. The van der Waals surface area contributed by atoms with Gasteiger partial charge in [0.25, 0.3) is 11.8 Å². The normalized spacial score (nSPS) is 10.4. The number of nitrogens with one attached hydrogen (secondary N) is 2. The van der Waals surface area contributed by atoms with Gasteiger partial charge in [-0.15, -0.1) is 0 Å². The summed E-state index contributed by atoms with van der Waals surface area (Å²) in [7, 11) is 3.09. The van der Waals surface area contributed by atoms with E-state index in [-0.39, 0.29) is 0 Å². The van der Waals surface area contributed by atoms with Gasteiger partial charge in [-0.2, -0.15) is 0 Å². The van der Waals surface area contributed by atoms with Gasteiger partial charge in [0.2, 0.25) is 0 Å². The molecular weight excluding hydrogens is 360 g/mol. The van der Waals surface area contributed by atoms with Crippen LogP contribution in [0.25, 0.3) is 6.08 Å². The van der Waals surface area contributed by atoms with Crippen molar-refractivity contribution in [1.29, 1.82) is 0 Å². The lowest BCUT2D eigenvalue weighted by atomic mass is 10.2. The molecule has 0 radical (unpaired) electrons. The second kappa shape index (κ2) is 10.6. The number of rotatable bonds is 8. The standard InChI is InChI=1S/C21H24N2O5/c1-4-13-28-17-8-6-5-7-16(17)21(25)23-22-20(24)12-10-15-9-11-18(26-2)19(14-15)27-3/h5-12,14H,4,13H2,1-3H3,(H,22,24)(H,23,25)/b12-10+. The van der Waals surface area contributed by atoms with Crippen LogP contribution in [0.15, 0.2) is 48.5 Å². The summed E-state index contributed by atoms with van der Waals surface area (Å²) in [5.41, 5.74) is 5.82. The van der Waals surface area contributed by atoms with E-state index < -0.39 is 11.8 Å². The molecule has 0 heterocycles. The number of ether oxygens (including phenoxy) is 3. The molecule has 0 saturated heterocycles. The predicted molar refractivity (Wildman–Crippen MR) is 106 cm³/mol. The Hall–Kier alpha value is -3.48. The van der Waals surface area contributed by atoms with Gasteiger partial charge in [-0.05, 0) is 42.3 Å². The SMILES string of the molecule is CCCOc1ccccc1C(=O)NNC(=O)/C=C/c1ccc(OC)c(OC)c1. The Morgan fingerprint density at radius 3 is 2.43 bits per heavy atom. The summed E-state index contributed by atoms with van der Waals surface area (Å²) < 4.78 is 15.9. The molecule has 28 heavy (non-hydrogen) atoms. The van der Waals surface area contributed by atoms with Gasteiger partial charge in [-0.3, -0.25) is 20.4 Å². The Bertz CT molecular complexity index is 848. The fraction of sp³-hybridized carbons (Fsp3) is 0.238. The van der Waals surface area contributed by atoms with Gasteiger partial charge in [0.15, 0.2) is 11.5 Å². The largest absolute Gasteiger partial charge is 0.493 e. The highest BCUT2D eigenvalue weighted by molar-refractivity contribution is 5.99. The van der Waals surface area contributed by atoms with Crippen LogP contribution < -0.4 is 25.1 Å². The molecule has 2 rings (SSSR count). The van der Waals surface area contributed by atoms with Gasteiger partial charge in [-0.25, -0.2) is 0 Å². The van der Waals surface area contributed by atoms with Crippen LogP contribution >= 0.6 is 0 Å². The molecule has 0 unspecified atom stereocenters. The second-order valence-electron chi connectivity index (χ2n) is 5.74. The van der Waals surface area contributed by atoms with Crippen LogP contribution in [-0.2, 0) is 4.79 Å².